The van der Waals surface area contributed by atoms with Crippen LogP contribution in [0.1, 0.15) is 53.7 Å². The first-order chi connectivity index (χ1) is 12.3. The van der Waals surface area contributed by atoms with Crippen molar-refractivity contribution in [3.8, 4) is 5.75 Å². The minimum atomic E-state index is -0.735. The Hall–Kier alpha value is -2.82. The number of carbonyl (C=O) groups excluding carboxylic acids is 2. The highest BCUT2D eigenvalue weighted by molar-refractivity contribution is 5.95. The first kappa shape index (κ1) is 19.5. The van der Waals surface area contributed by atoms with Crippen molar-refractivity contribution in [3.05, 3.63) is 64.7 Å². The average Bonchev–Trinajstić information content (AvgIpc) is 2.62. The van der Waals surface area contributed by atoms with Gasteiger partial charge in [-0.15, -0.1) is 0 Å². The van der Waals surface area contributed by atoms with E-state index in [4.69, 9.17) is 4.74 Å². The average molecular weight is 354 g/mol. The number of ether oxygens (including phenoxy) is 1. The molecule has 1 atom stereocenters. The minimum Gasteiger partial charge on any atom is -0.481 e. The smallest absolute Gasteiger partial charge is 0.279 e. The normalized spacial score (nSPS) is 11.8. The van der Waals surface area contributed by atoms with E-state index in [1.165, 1.54) is 0 Å². The van der Waals surface area contributed by atoms with Crippen molar-refractivity contribution in [2.45, 2.75) is 46.6 Å². The lowest BCUT2D eigenvalue weighted by Crippen LogP contribution is -2.47. The van der Waals surface area contributed by atoms with Gasteiger partial charge in [0.15, 0.2) is 6.10 Å². The van der Waals surface area contributed by atoms with E-state index in [1.807, 2.05) is 44.2 Å². The lowest BCUT2D eigenvalue weighted by molar-refractivity contribution is -0.128. The zero-order valence-electron chi connectivity index (χ0n) is 15.9. The van der Waals surface area contributed by atoms with Crippen LogP contribution in [0, 0.1) is 13.8 Å². The molecule has 0 saturated carbocycles. The molecule has 0 saturated heterocycles. The van der Waals surface area contributed by atoms with Crippen molar-refractivity contribution in [2.75, 3.05) is 0 Å². The van der Waals surface area contributed by atoms with Crippen LogP contribution in [0.3, 0.4) is 0 Å². The van der Waals surface area contributed by atoms with Crippen LogP contribution in [0.2, 0.25) is 0 Å². The largest absolute Gasteiger partial charge is 0.481 e. The number of amides is 2. The van der Waals surface area contributed by atoms with Crippen LogP contribution in [0.4, 0.5) is 0 Å². The summed E-state index contributed by atoms with van der Waals surface area (Å²) in [5, 5.41) is 0. The van der Waals surface area contributed by atoms with E-state index >= 15 is 0 Å². The van der Waals surface area contributed by atoms with Gasteiger partial charge in [-0.2, -0.15) is 0 Å². The van der Waals surface area contributed by atoms with Crippen molar-refractivity contribution in [1.82, 2.24) is 10.9 Å². The van der Waals surface area contributed by atoms with Gasteiger partial charge in [0.05, 0.1) is 0 Å². The molecule has 0 spiro atoms. The second-order valence-electron chi connectivity index (χ2n) is 6.73. The highest BCUT2D eigenvalue weighted by Gasteiger charge is 2.16. The second kappa shape index (κ2) is 8.52. The molecule has 0 bridgehead atoms. The molecule has 0 aliphatic carbocycles. The Labute approximate surface area is 154 Å². The fraction of sp³-hybridized carbons (Fsp3) is 0.333. The molecule has 5 heteroatoms. The Bertz CT molecular complexity index is 782. The number of nitrogens with one attached hydrogen (secondary N) is 2. The predicted octanol–water partition coefficient (Wildman–Crippen LogP) is 3.66. The van der Waals surface area contributed by atoms with Gasteiger partial charge in [-0.25, -0.2) is 0 Å². The van der Waals surface area contributed by atoms with E-state index < -0.39 is 12.0 Å². The van der Waals surface area contributed by atoms with Crippen LogP contribution in [0.5, 0.6) is 5.75 Å². The van der Waals surface area contributed by atoms with Gasteiger partial charge in [0.1, 0.15) is 5.75 Å². The van der Waals surface area contributed by atoms with Crippen LogP contribution in [-0.2, 0) is 4.79 Å². The molecule has 1 unspecified atom stereocenters. The number of hydrogen-bond donors (Lipinski definition) is 2. The summed E-state index contributed by atoms with van der Waals surface area (Å²) < 4.78 is 5.63. The molecule has 26 heavy (non-hydrogen) atoms. The molecular formula is C21H26N2O3. The first-order valence-electron chi connectivity index (χ1n) is 8.72. The number of aryl methyl sites for hydroxylation is 2. The fourth-order valence-corrected chi connectivity index (χ4v) is 2.36. The molecule has 0 aliphatic rings. The summed E-state index contributed by atoms with van der Waals surface area (Å²) in [6, 6.07) is 12.9. The standard InChI is InChI=1S/C21H26N2O3/c1-13(2)17-7-9-18(10-8-17)21(25)23-22-20(24)16(5)26-19-11-6-14(3)15(4)12-19/h6-13,16H,1-5H3,(H,22,24)(H,23,25). The maximum atomic E-state index is 12.1. The van der Waals surface area contributed by atoms with Gasteiger partial charge in [-0.05, 0) is 67.6 Å². The van der Waals surface area contributed by atoms with E-state index in [0.717, 1.165) is 16.7 Å². The lowest BCUT2D eigenvalue weighted by Gasteiger charge is -2.16. The number of rotatable bonds is 5. The van der Waals surface area contributed by atoms with Crippen LogP contribution in [0.25, 0.3) is 0 Å². The molecule has 0 radical (unpaired) electrons. The van der Waals surface area contributed by atoms with Crippen molar-refractivity contribution in [2.24, 2.45) is 0 Å². The Kier molecular flexibility index (Phi) is 6.39. The van der Waals surface area contributed by atoms with E-state index in [2.05, 4.69) is 24.7 Å². The van der Waals surface area contributed by atoms with Gasteiger partial charge in [-0.1, -0.05) is 32.0 Å². The summed E-state index contributed by atoms with van der Waals surface area (Å²) >= 11 is 0. The molecule has 0 aromatic heterocycles. The Morgan fingerprint density at radius 2 is 1.54 bits per heavy atom. The lowest BCUT2D eigenvalue weighted by atomic mass is 10.0. The minimum absolute atomic E-state index is 0.368. The molecule has 5 nitrogen and oxygen atoms in total. The predicted molar refractivity (Wildman–Crippen MR) is 102 cm³/mol. The highest BCUT2D eigenvalue weighted by Crippen LogP contribution is 2.18. The van der Waals surface area contributed by atoms with E-state index in [9.17, 15) is 9.59 Å². The maximum Gasteiger partial charge on any atom is 0.279 e. The van der Waals surface area contributed by atoms with Gasteiger partial charge >= 0.3 is 0 Å². The molecule has 2 amide bonds. The molecule has 0 fully saturated rings. The number of benzene rings is 2. The SMILES string of the molecule is Cc1ccc(OC(C)C(=O)NNC(=O)c2ccc(C(C)C)cc2)cc1C. The monoisotopic (exact) mass is 354 g/mol. The molecular weight excluding hydrogens is 328 g/mol. The van der Waals surface area contributed by atoms with Gasteiger partial charge in [0, 0.05) is 5.56 Å². The quantitative estimate of drug-likeness (QED) is 0.805. The number of carbonyl (C=O) groups is 2. The zero-order valence-corrected chi connectivity index (χ0v) is 15.9. The molecule has 2 N–H and O–H groups in total. The summed E-state index contributed by atoms with van der Waals surface area (Å²) in [6.45, 7) is 9.81. The summed E-state index contributed by atoms with van der Waals surface area (Å²) in [5.74, 6) is 0.226. The van der Waals surface area contributed by atoms with Gasteiger partial charge in [0.25, 0.3) is 11.8 Å². The Morgan fingerprint density at radius 3 is 2.12 bits per heavy atom. The van der Waals surface area contributed by atoms with Crippen molar-refractivity contribution < 1.29 is 14.3 Å². The Balaban J connectivity index is 1.88. The number of hydrazine groups is 1. The van der Waals surface area contributed by atoms with Gasteiger partial charge in [0.2, 0.25) is 0 Å². The van der Waals surface area contributed by atoms with Crippen LogP contribution in [0.15, 0.2) is 42.5 Å². The maximum absolute atomic E-state index is 12.1. The highest BCUT2D eigenvalue weighted by atomic mass is 16.5. The Morgan fingerprint density at radius 1 is 0.885 bits per heavy atom. The fourth-order valence-electron chi connectivity index (χ4n) is 2.36. The van der Waals surface area contributed by atoms with Crippen LogP contribution >= 0.6 is 0 Å². The molecule has 2 aromatic carbocycles. The number of hydrogen-bond acceptors (Lipinski definition) is 3. The van der Waals surface area contributed by atoms with Crippen LogP contribution < -0.4 is 15.6 Å². The first-order valence-corrected chi connectivity index (χ1v) is 8.72. The van der Waals surface area contributed by atoms with E-state index in [0.29, 0.717) is 17.2 Å². The van der Waals surface area contributed by atoms with Crippen LogP contribution in [-0.4, -0.2) is 17.9 Å². The molecule has 138 valence electrons. The summed E-state index contributed by atoms with van der Waals surface area (Å²) in [7, 11) is 0. The van der Waals surface area contributed by atoms with Gasteiger partial charge in [-0.3, -0.25) is 20.4 Å². The summed E-state index contributed by atoms with van der Waals surface area (Å²) in [6.07, 6.45) is -0.735. The van der Waals surface area contributed by atoms with E-state index in [-0.39, 0.29) is 5.91 Å². The van der Waals surface area contributed by atoms with Crippen molar-refractivity contribution in [1.29, 1.82) is 0 Å². The second-order valence-corrected chi connectivity index (χ2v) is 6.73. The van der Waals surface area contributed by atoms with Gasteiger partial charge < -0.3 is 4.74 Å². The topological polar surface area (TPSA) is 67.4 Å². The molecule has 2 rings (SSSR count). The molecule has 2 aromatic rings. The summed E-state index contributed by atoms with van der Waals surface area (Å²) in [4.78, 5) is 24.3. The molecule has 0 heterocycles. The van der Waals surface area contributed by atoms with Crippen molar-refractivity contribution >= 4 is 11.8 Å². The molecule has 0 aliphatic heterocycles. The van der Waals surface area contributed by atoms with E-state index in [1.54, 1.807) is 19.1 Å². The zero-order chi connectivity index (χ0) is 19.3. The third-order valence-electron chi connectivity index (χ3n) is 4.30. The third kappa shape index (κ3) is 5.09. The third-order valence-corrected chi connectivity index (χ3v) is 4.30. The van der Waals surface area contributed by atoms with Crippen molar-refractivity contribution in [3.63, 3.8) is 0 Å². The summed E-state index contributed by atoms with van der Waals surface area (Å²) in [5.41, 5.74) is 8.70.